The van der Waals surface area contributed by atoms with Crippen LogP contribution in [0.4, 0.5) is 0 Å². The van der Waals surface area contributed by atoms with E-state index in [0.29, 0.717) is 5.92 Å². The molecule has 3 heteroatoms. The van der Waals surface area contributed by atoms with Crippen LogP contribution in [0.2, 0.25) is 0 Å². The number of aryl methyl sites for hydroxylation is 1. The molecule has 0 spiro atoms. The quantitative estimate of drug-likeness (QED) is 0.447. The summed E-state index contributed by atoms with van der Waals surface area (Å²) in [6.45, 7) is 4.30. The van der Waals surface area contributed by atoms with Crippen molar-refractivity contribution in [2.45, 2.75) is 19.8 Å². The van der Waals surface area contributed by atoms with Crippen molar-refractivity contribution in [3.8, 4) is 0 Å². The third-order valence-corrected chi connectivity index (χ3v) is 2.20. The molecular formula is C11H11Cl2Zr. The fourth-order valence-electron chi connectivity index (χ4n) is 1.52. The van der Waals surface area contributed by atoms with Gasteiger partial charge in [0.05, 0.1) is 0 Å². The van der Waals surface area contributed by atoms with Crippen molar-refractivity contribution < 1.29 is 51.0 Å². The van der Waals surface area contributed by atoms with Crippen molar-refractivity contribution in [2.24, 2.45) is 0 Å². The zero-order valence-electron chi connectivity index (χ0n) is 8.14. The first-order valence-electron chi connectivity index (χ1n) is 3.97. The standard InChI is InChI=1S/C11H11.2ClH.Zr/c1-8-3-6-11-9(2)4-5-10(11)7-8;;;/h3,5-7,9H,1-2H3;2*1H;/q-1;;;+3/p-2. The zero-order valence-corrected chi connectivity index (χ0v) is 12.1. The third-order valence-electron chi connectivity index (χ3n) is 2.20. The van der Waals surface area contributed by atoms with E-state index in [1.807, 2.05) is 0 Å². The van der Waals surface area contributed by atoms with Crippen LogP contribution >= 0.6 is 0 Å². The molecule has 1 radical (unpaired) electrons. The number of halogens is 2. The van der Waals surface area contributed by atoms with Gasteiger partial charge in [0.2, 0.25) is 0 Å². The van der Waals surface area contributed by atoms with Crippen LogP contribution < -0.4 is 24.8 Å². The van der Waals surface area contributed by atoms with Gasteiger partial charge < -0.3 is 24.8 Å². The summed E-state index contributed by atoms with van der Waals surface area (Å²) in [7, 11) is 0. The van der Waals surface area contributed by atoms with E-state index < -0.39 is 0 Å². The van der Waals surface area contributed by atoms with Crippen molar-refractivity contribution in [2.75, 3.05) is 0 Å². The summed E-state index contributed by atoms with van der Waals surface area (Å²) in [6.07, 6.45) is 5.38. The minimum atomic E-state index is 0. The first kappa shape index (κ1) is 16.8. The molecule has 0 aliphatic heterocycles. The van der Waals surface area contributed by atoms with Gasteiger partial charge in [-0.25, -0.2) is 6.08 Å². The molecule has 0 saturated carbocycles. The topological polar surface area (TPSA) is 0 Å². The van der Waals surface area contributed by atoms with Gasteiger partial charge in [-0.1, -0.05) is 30.5 Å². The fourth-order valence-corrected chi connectivity index (χ4v) is 1.52. The Hall–Kier alpha value is 0.423. The van der Waals surface area contributed by atoms with Crippen molar-refractivity contribution in [1.29, 1.82) is 0 Å². The molecule has 0 amide bonds. The van der Waals surface area contributed by atoms with E-state index in [1.165, 1.54) is 16.7 Å². The minimum absolute atomic E-state index is 0. The molecule has 0 fully saturated rings. The Morgan fingerprint density at radius 3 is 2.50 bits per heavy atom. The fraction of sp³-hybridized carbons (Fsp3) is 0.273. The molecule has 0 aromatic heterocycles. The van der Waals surface area contributed by atoms with Gasteiger partial charge in [0, 0.05) is 0 Å². The van der Waals surface area contributed by atoms with Gasteiger partial charge in [-0.2, -0.15) is 5.56 Å². The van der Waals surface area contributed by atoms with E-state index in [0.717, 1.165) is 0 Å². The van der Waals surface area contributed by atoms with Crippen LogP contribution in [-0.2, 0) is 26.2 Å². The number of benzene rings is 1. The van der Waals surface area contributed by atoms with Gasteiger partial charge in [0.15, 0.2) is 0 Å². The van der Waals surface area contributed by atoms with Crippen LogP contribution in [-0.4, -0.2) is 0 Å². The molecule has 1 aromatic rings. The van der Waals surface area contributed by atoms with Crippen LogP contribution in [0.15, 0.2) is 18.2 Å². The largest absolute Gasteiger partial charge is 3.00 e. The molecule has 1 aromatic carbocycles. The van der Waals surface area contributed by atoms with Crippen LogP contribution in [0.1, 0.15) is 29.5 Å². The molecule has 0 bridgehead atoms. The van der Waals surface area contributed by atoms with E-state index in [1.54, 1.807) is 0 Å². The summed E-state index contributed by atoms with van der Waals surface area (Å²) in [4.78, 5) is 0. The molecule has 14 heavy (non-hydrogen) atoms. The van der Waals surface area contributed by atoms with Gasteiger partial charge in [-0.05, 0) is 6.92 Å². The second-order valence-electron chi connectivity index (χ2n) is 3.17. The van der Waals surface area contributed by atoms with Crippen LogP contribution in [0.5, 0.6) is 0 Å². The van der Waals surface area contributed by atoms with E-state index in [2.05, 4.69) is 44.2 Å². The Balaban J connectivity index is 0. The maximum atomic E-state index is 3.29. The maximum absolute atomic E-state index is 3.29. The molecule has 1 atom stereocenters. The summed E-state index contributed by atoms with van der Waals surface area (Å²) in [5, 5.41) is 0. The third kappa shape index (κ3) is 3.22. The van der Waals surface area contributed by atoms with Crippen molar-refractivity contribution in [3.63, 3.8) is 0 Å². The van der Waals surface area contributed by atoms with Crippen molar-refractivity contribution >= 4 is 6.08 Å². The van der Waals surface area contributed by atoms with Gasteiger partial charge in [0.1, 0.15) is 0 Å². The normalized spacial score (nSPS) is 16.0. The van der Waals surface area contributed by atoms with E-state index >= 15 is 0 Å². The second-order valence-corrected chi connectivity index (χ2v) is 3.17. The number of hydrogen-bond acceptors (Lipinski definition) is 0. The Bertz CT molecular complexity index is 321. The maximum Gasteiger partial charge on any atom is 3.00 e. The average molecular weight is 305 g/mol. The Morgan fingerprint density at radius 2 is 1.86 bits per heavy atom. The van der Waals surface area contributed by atoms with Crippen LogP contribution in [0.3, 0.4) is 0 Å². The first-order chi connectivity index (χ1) is 5.27. The second kappa shape index (κ2) is 6.82. The SMILES string of the molecule is Cc1ccc2c(c1)C=[C-]C2C.[Cl-].[Cl-].[Zr+3]. The predicted molar refractivity (Wildman–Crippen MR) is 47.3 cm³/mol. The zero-order chi connectivity index (χ0) is 7.84. The van der Waals surface area contributed by atoms with E-state index in [4.69, 9.17) is 0 Å². The Morgan fingerprint density at radius 1 is 1.21 bits per heavy atom. The summed E-state index contributed by atoms with van der Waals surface area (Å²) in [5.41, 5.74) is 4.09. The summed E-state index contributed by atoms with van der Waals surface area (Å²) in [6, 6.07) is 6.58. The molecule has 2 rings (SSSR count). The molecule has 0 heterocycles. The van der Waals surface area contributed by atoms with Gasteiger partial charge >= 0.3 is 26.2 Å². The molecule has 0 nitrogen and oxygen atoms in total. The molecule has 1 aliphatic carbocycles. The van der Waals surface area contributed by atoms with Gasteiger partial charge in [0.25, 0.3) is 0 Å². The average Bonchev–Trinajstić information content (AvgIpc) is 2.32. The van der Waals surface area contributed by atoms with Gasteiger partial charge in [-0.3, -0.25) is 6.08 Å². The summed E-state index contributed by atoms with van der Waals surface area (Å²) >= 11 is 0. The summed E-state index contributed by atoms with van der Waals surface area (Å²) in [5.74, 6) is 0.491. The number of fused-ring (bicyclic) bond motifs is 1. The predicted octanol–water partition coefficient (Wildman–Crippen LogP) is -3.07. The molecular weight excluding hydrogens is 294 g/mol. The molecule has 1 aliphatic rings. The van der Waals surface area contributed by atoms with Gasteiger partial charge in [-0.15, -0.1) is 11.6 Å². The monoisotopic (exact) mass is 303 g/mol. The van der Waals surface area contributed by atoms with Crippen LogP contribution in [0, 0.1) is 13.0 Å². The Kier molecular flexibility index (Phi) is 8.21. The number of allylic oxidation sites excluding steroid dienone is 1. The minimum Gasteiger partial charge on any atom is -1.00 e. The smallest absolute Gasteiger partial charge is 1.00 e. The molecule has 1 unspecified atom stereocenters. The van der Waals surface area contributed by atoms with E-state index in [9.17, 15) is 0 Å². The molecule has 73 valence electrons. The van der Waals surface area contributed by atoms with E-state index in [-0.39, 0.29) is 51.0 Å². The first-order valence-corrected chi connectivity index (χ1v) is 3.97. The number of rotatable bonds is 0. The molecule has 0 saturated heterocycles. The van der Waals surface area contributed by atoms with Crippen LogP contribution in [0.25, 0.3) is 6.08 Å². The van der Waals surface area contributed by atoms with Crippen molar-refractivity contribution in [1.82, 2.24) is 0 Å². The Labute approximate surface area is 117 Å². The molecule has 0 N–H and O–H groups in total. The van der Waals surface area contributed by atoms with Crippen molar-refractivity contribution in [3.05, 3.63) is 41.0 Å². The number of hydrogen-bond donors (Lipinski definition) is 0. The summed E-state index contributed by atoms with van der Waals surface area (Å²) < 4.78 is 0.